The molecule has 26 heavy (non-hydrogen) atoms. The van der Waals surface area contributed by atoms with Gasteiger partial charge in [-0.1, -0.05) is 5.16 Å². The monoisotopic (exact) mass is 381 g/mol. The van der Waals surface area contributed by atoms with Crippen molar-refractivity contribution in [2.75, 3.05) is 28.7 Å². The molecule has 2 aromatic rings. The van der Waals surface area contributed by atoms with Gasteiger partial charge in [0.05, 0.1) is 11.5 Å². The maximum absolute atomic E-state index is 12.8. The van der Waals surface area contributed by atoms with Crippen molar-refractivity contribution in [1.29, 1.82) is 0 Å². The summed E-state index contributed by atoms with van der Waals surface area (Å²) >= 11 is 1.03. The van der Waals surface area contributed by atoms with Crippen LogP contribution in [0.3, 0.4) is 0 Å². The van der Waals surface area contributed by atoms with Crippen molar-refractivity contribution in [3.8, 4) is 0 Å². The van der Waals surface area contributed by atoms with Crippen LogP contribution in [0.4, 0.5) is 15.9 Å². The number of nitrogens with zero attached hydrogens (tertiary/aromatic N) is 1. The van der Waals surface area contributed by atoms with E-state index in [4.69, 9.17) is 9.26 Å². The van der Waals surface area contributed by atoms with Crippen LogP contribution in [0.25, 0.3) is 0 Å². The van der Waals surface area contributed by atoms with Crippen molar-refractivity contribution in [1.82, 2.24) is 5.16 Å². The number of benzene rings is 1. The highest BCUT2D eigenvalue weighted by molar-refractivity contribution is 8.00. The average Bonchev–Trinajstić information content (AvgIpc) is 3.00. The fraction of sp³-hybridized carbons (Fsp3) is 0.250. The van der Waals surface area contributed by atoms with E-state index in [0.29, 0.717) is 17.3 Å². The molecule has 2 N–H and O–H groups in total. The Morgan fingerprint density at radius 1 is 1.15 bits per heavy atom. The van der Waals surface area contributed by atoms with Crippen molar-refractivity contribution in [3.05, 3.63) is 41.9 Å². The molecule has 0 bridgehead atoms. The van der Waals surface area contributed by atoms with Crippen LogP contribution in [0.5, 0.6) is 0 Å². The standard InChI is InChI=1S/C16H16FN3O5S/c1-10-6-13(20-25-10)19-15(22)8-26-9-16(23)24-7-14(21)18-12-4-2-11(17)3-5-12/h2-6H,7-9H2,1H3,(H,18,21)(H,19,20,22). The second-order valence-corrected chi connectivity index (χ2v) is 6.07. The number of carbonyl (C=O) groups is 3. The Morgan fingerprint density at radius 2 is 1.88 bits per heavy atom. The third kappa shape index (κ3) is 6.93. The molecule has 1 heterocycles. The summed E-state index contributed by atoms with van der Waals surface area (Å²) in [6, 6.07) is 6.74. The first-order chi connectivity index (χ1) is 12.4. The molecule has 0 saturated heterocycles. The Labute approximate surface area is 152 Å². The molecule has 0 aliphatic heterocycles. The van der Waals surface area contributed by atoms with Crippen LogP contribution >= 0.6 is 11.8 Å². The third-order valence-electron chi connectivity index (χ3n) is 2.84. The van der Waals surface area contributed by atoms with E-state index in [9.17, 15) is 18.8 Å². The molecule has 2 amide bonds. The van der Waals surface area contributed by atoms with E-state index in [1.165, 1.54) is 24.3 Å². The largest absolute Gasteiger partial charge is 0.455 e. The van der Waals surface area contributed by atoms with Gasteiger partial charge >= 0.3 is 5.97 Å². The summed E-state index contributed by atoms with van der Waals surface area (Å²) in [6.45, 7) is 1.22. The molecule has 0 unspecified atom stereocenters. The van der Waals surface area contributed by atoms with Crippen LogP contribution in [0.1, 0.15) is 5.76 Å². The molecule has 10 heteroatoms. The van der Waals surface area contributed by atoms with E-state index in [1.54, 1.807) is 13.0 Å². The predicted octanol–water partition coefficient (Wildman–Crippen LogP) is 1.98. The summed E-state index contributed by atoms with van der Waals surface area (Å²) in [6.07, 6.45) is 0. The Kier molecular flexibility index (Phi) is 7.15. The number of anilines is 2. The van der Waals surface area contributed by atoms with Gasteiger partial charge < -0.3 is 19.9 Å². The molecule has 1 aromatic heterocycles. The molecule has 0 radical (unpaired) electrons. The molecule has 0 spiro atoms. The maximum Gasteiger partial charge on any atom is 0.316 e. The van der Waals surface area contributed by atoms with Crippen LogP contribution < -0.4 is 10.6 Å². The van der Waals surface area contributed by atoms with E-state index in [-0.39, 0.29) is 17.4 Å². The first-order valence-corrected chi connectivity index (χ1v) is 8.60. The minimum Gasteiger partial charge on any atom is -0.455 e. The number of rotatable bonds is 8. The Hall–Kier alpha value is -2.88. The van der Waals surface area contributed by atoms with Crippen LogP contribution in [-0.4, -0.2) is 41.1 Å². The molecule has 1 aromatic carbocycles. The summed E-state index contributed by atoms with van der Waals surface area (Å²) in [7, 11) is 0. The summed E-state index contributed by atoms with van der Waals surface area (Å²) < 4.78 is 22.4. The molecular formula is C16H16FN3O5S. The molecular weight excluding hydrogens is 365 g/mol. The van der Waals surface area contributed by atoms with Crippen molar-refractivity contribution in [2.45, 2.75) is 6.92 Å². The minimum atomic E-state index is -0.630. The third-order valence-corrected chi connectivity index (χ3v) is 3.75. The first kappa shape index (κ1) is 19.4. The molecule has 2 rings (SSSR count). The van der Waals surface area contributed by atoms with Gasteiger partial charge in [0.2, 0.25) is 5.91 Å². The van der Waals surface area contributed by atoms with Crippen molar-refractivity contribution in [2.24, 2.45) is 0 Å². The average molecular weight is 381 g/mol. The predicted molar refractivity (Wildman–Crippen MR) is 93.2 cm³/mol. The Balaban J connectivity index is 1.60. The number of esters is 1. The summed E-state index contributed by atoms with van der Waals surface area (Å²) in [5.41, 5.74) is 0.390. The number of carbonyl (C=O) groups excluding carboxylic acids is 3. The van der Waals surface area contributed by atoms with Gasteiger partial charge in [-0.05, 0) is 31.2 Å². The number of aromatic nitrogens is 1. The molecule has 0 aliphatic rings. The second kappa shape index (κ2) is 9.56. The number of hydrogen-bond donors (Lipinski definition) is 2. The SMILES string of the molecule is Cc1cc(NC(=O)CSCC(=O)OCC(=O)Nc2ccc(F)cc2)no1. The highest BCUT2D eigenvalue weighted by Gasteiger charge is 2.11. The van der Waals surface area contributed by atoms with E-state index >= 15 is 0 Å². The highest BCUT2D eigenvalue weighted by atomic mass is 32.2. The van der Waals surface area contributed by atoms with E-state index in [2.05, 4.69) is 15.8 Å². The summed E-state index contributed by atoms with van der Waals surface area (Å²) in [4.78, 5) is 34.8. The number of amides is 2. The molecule has 0 fully saturated rings. The quantitative estimate of drug-likeness (QED) is 0.673. The lowest BCUT2D eigenvalue weighted by atomic mass is 10.3. The van der Waals surface area contributed by atoms with E-state index in [1.807, 2.05) is 0 Å². The topological polar surface area (TPSA) is 111 Å². The highest BCUT2D eigenvalue weighted by Crippen LogP contribution is 2.09. The minimum absolute atomic E-state index is 0.0167. The number of ether oxygens (including phenoxy) is 1. The van der Waals surface area contributed by atoms with Gasteiger partial charge in [0.15, 0.2) is 12.4 Å². The second-order valence-electron chi connectivity index (χ2n) is 5.08. The summed E-state index contributed by atoms with van der Waals surface area (Å²) in [5.74, 6) is -1.15. The number of nitrogens with one attached hydrogen (secondary N) is 2. The van der Waals surface area contributed by atoms with Crippen molar-refractivity contribution < 1.29 is 28.0 Å². The van der Waals surface area contributed by atoms with Gasteiger partial charge in [0, 0.05) is 11.8 Å². The van der Waals surface area contributed by atoms with Gasteiger partial charge in [-0.3, -0.25) is 14.4 Å². The number of thioether (sulfide) groups is 1. The normalized spacial score (nSPS) is 10.2. The first-order valence-electron chi connectivity index (χ1n) is 7.44. The zero-order valence-electron chi connectivity index (χ0n) is 13.8. The van der Waals surface area contributed by atoms with Gasteiger partial charge in [0.25, 0.3) is 5.91 Å². The molecule has 0 saturated carbocycles. The zero-order chi connectivity index (χ0) is 18.9. The Bertz CT molecular complexity index is 778. The lowest BCUT2D eigenvalue weighted by Gasteiger charge is -2.06. The van der Waals surface area contributed by atoms with Crippen LogP contribution in [0, 0.1) is 12.7 Å². The Morgan fingerprint density at radius 3 is 2.54 bits per heavy atom. The molecule has 8 nitrogen and oxygen atoms in total. The smallest absolute Gasteiger partial charge is 0.316 e. The fourth-order valence-corrected chi connectivity index (χ4v) is 2.36. The number of halogens is 1. The molecule has 0 atom stereocenters. The lowest BCUT2D eigenvalue weighted by molar-refractivity contribution is -0.144. The van der Waals surface area contributed by atoms with Crippen molar-refractivity contribution in [3.63, 3.8) is 0 Å². The zero-order valence-corrected chi connectivity index (χ0v) is 14.6. The van der Waals surface area contributed by atoms with Gasteiger partial charge in [-0.15, -0.1) is 11.8 Å². The number of hydrogen-bond acceptors (Lipinski definition) is 7. The van der Waals surface area contributed by atoms with Crippen LogP contribution in [0.15, 0.2) is 34.9 Å². The number of aryl methyl sites for hydroxylation is 1. The van der Waals surface area contributed by atoms with Crippen LogP contribution in [-0.2, 0) is 19.1 Å². The van der Waals surface area contributed by atoms with Gasteiger partial charge in [0.1, 0.15) is 11.6 Å². The van der Waals surface area contributed by atoms with Crippen molar-refractivity contribution >= 4 is 41.1 Å². The molecule has 0 aliphatic carbocycles. The van der Waals surface area contributed by atoms with Crippen LogP contribution in [0.2, 0.25) is 0 Å². The molecule has 138 valence electrons. The van der Waals surface area contributed by atoms with E-state index in [0.717, 1.165) is 11.8 Å². The van der Waals surface area contributed by atoms with Gasteiger partial charge in [-0.2, -0.15) is 0 Å². The maximum atomic E-state index is 12.8. The summed E-state index contributed by atoms with van der Waals surface area (Å²) in [5, 5.41) is 8.58. The van der Waals surface area contributed by atoms with Gasteiger partial charge in [-0.25, -0.2) is 4.39 Å². The lowest BCUT2D eigenvalue weighted by Crippen LogP contribution is -2.22. The van der Waals surface area contributed by atoms with E-state index < -0.39 is 24.3 Å². The fourth-order valence-electron chi connectivity index (χ4n) is 1.75.